The standard InChI is InChI=1S/C11H11FN2O/c12-8-5-2-6-9-10(8)13-11(15)14(9)7-3-1-4-7/h2,5-7H,1,3-4H2,(H,13,15). The Labute approximate surface area is 85.5 Å². The van der Waals surface area contributed by atoms with E-state index in [-0.39, 0.29) is 17.5 Å². The molecule has 1 aromatic carbocycles. The summed E-state index contributed by atoms with van der Waals surface area (Å²) in [7, 11) is 0. The largest absolute Gasteiger partial charge is 0.326 e. The van der Waals surface area contributed by atoms with Crippen molar-refractivity contribution in [3.05, 3.63) is 34.5 Å². The van der Waals surface area contributed by atoms with Gasteiger partial charge in [0.05, 0.1) is 5.52 Å². The van der Waals surface area contributed by atoms with Crippen LogP contribution in [-0.2, 0) is 0 Å². The fourth-order valence-electron chi connectivity index (χ4n) is 2.12. The lowest BCUT2D eigenvalue weighted by Gasteiger charge is -2.26. The molecule has 15 heavy (non-hydrogen) atoms. The summed E-state index contributed by atoms with van der Waals surface area (Å²) in [6.45, 7) is 0. The second kappa shape index (κ2) is 2.95. The number of rotatable bonds is 1. The number of imidazole rings is 1. The third-order valence-electron chi connectivity index (χ3n) is 3.14. The maximum atomic E-state index is 13.4. The smallest absolute Gasteiger partial charge is 0.303 e. The molecule has 1 saturated carbocycles. The van der Waals surface area contributed by atoms with Crippen LogP contribution in [0.4, 0.5) is 4.39 Å². The van der Waals surface area contributed by atoms with Gasteiger partial charge in [-0.3, -0.25) is 4.57 Å². The molecule has 0 unspecified atom stereocenters. The molecule has 0 aliphatic heterocycles. The molecule has 1 aliphatic carbocycles. The number of hydrogen-bond donors (Lipinski definition) is 1. The number of para-hydroxylation sites is 1. The predicted molar refractivity (Wildman–Crippen MR) is 55.4 cm³/mol. The second-order valence-corrected chi connectivity index (χ2v) is 4.02. The van der Waals surface area contributed by atoms with Gasteiger partial charge in [0.2, 0.25) is 0 Å². The van der Waals surface area contributed by atoms with Crippen LogP contribution in [0.5, 0.6) is 0 Å². The van der Waals surface area contributed by atoms with Gasteiger partial charge in [-0.2, -0.15) is 0 Å². The van der Waals surface area contributed by atoms with E-state index in [2.05, 4.69) is 4.98 Å². The van der Waals surface area contributed by atoms with Crippen LogP contribution in [0.3, 0.4) is 0 Å². The average Bonchev–Trinajstić information content (AvgIpc) is 2.44. The highest BCUT2D eigenvalue weighted by atomic mass is 19.1. The van der Waals surface area contributed by atoms with Crippen molar-refractivity contribution in [1.82, 2.24) is 9.55 Å². The molecule has 4 heteroatoms. The van der Waals surface area contributed by atoms with E-state index in [1.807, 2.05) is 0 Å². The molecule has 0 radical (unpaired) electrons. The maximum absolute atomic E-state index is 13.4. The molecule has 1 aliphatic rings. The summed E-state index contributed by atoms with van der Waals surface area (Å²) in [6.07, 6.45) is 3.19. The van der Waals surface area contributed by atoms with Crippen molar-refractivity contribution in [3.8, 4) is 0 Å². The molecular weight excluding hydrogens is 195 g/mol. The van der Waals surface area contributed by atoms with E-state index in [9.17, 15) is 9.18 Å². The van der Waals surface area contributed by atoms with Gasteiger partial charge in [0.15, 0.2) is 0 Å². The van der Waals surface area contributed by atoms with Gasteiger partial charge in [-0.05, 0) is 31.4 Å². The molecule has 2 aromatic rings. The fourth-order valence-corrected chi connectivity index (χ4v) is 2.12. The number of H-pyrrole nitrogens is 1. The van der Waals surface area contributed by atoms with Crippen molar-refractivity contribution in [2.45, 2.75) is 25.3 Å². The quantitative estimate of drug-likeness (QED) is 0.763. The summed E-state index contributed by atoms with van der Waals surface area (Å²) >= 11 is 0. The van der Waals surface area contributed by atoms with Gasteiger partial charge in [0.1, 0.15) is 11.3 Å². The van der Waals surface area contributed by atoms with Gasteiger partial charge in [0, 0.05) is 6.04 Å². The Morgan fingerprint density at radius 2 is 2.20 bits per heavy atom. The van der Waals surface area contributed by atoms with Crippen LogP contribution in [0, 0.1) is 5.82 Å². The third-order valence-corrected chi connectivity index (χ3v) is 3.14. The molecular formula is C11H11FN2O. The minimum atomic E-state index is -0.359. The number of aromatic amines is 1. The summed E-state index contributed by atoms with van der Waals surface area (Å²) in [5.74, 6) is -0.359. The summed E-state index contributed by atoms with van der Waals surface area (Å²) in [6, 6.07) is 5.05. The van der Waals surface area contributed by atoms with E-state index in [1.165, 1.54) is 6.07 Å². The summed E-state index contributed by atoms with van der Waals surface area (Å²) < 4.78 is 15.1. The Balaban J connectivity index is 2.32. The predicted octanol–water partition coefficient (Wildman–Crippen LogP) is 2.19. The van der Waals surface area contributed by atoms with E-state index in [4.69, 9.17) is 0 Å². The Hall–Kier alpha value is -1.58. The Bertz CT molecular complexity index is 565. The Morgan fingerprint density at radius 3 is 2.87 bits per heavy atom. The lowest BCUT2D eigenvalue weighted by atomic mass is 9.93. The highest BCUT2D eigenvalue weighted by molar-refractivity contribution is 5.75. The van der Waals surface area contributed by atoms with Crippen molar-refractivity contribution in [2.75, 3.05) is 0 Å². The zero-order valence-electron chi connectivity index (χ0n) is 8.16. The van der Waals surface area contributed by atoms with Crippen molar-refractivity contribution < 1.29 is 4.39 Å². The molecule has 0 bridgehead atoms. The number of hydrogen-bond acceptors (Lipinski definition) is 1. The van der Waals surface area contributed by atoms with Crippen LogP contribution in [-0.4, -0.2) is 9.55 Å². The average molecular weight is 206 g/mol. The van der Waals surface area contributed by atoms with E-state index in [0.29, 0.717) is 11.0 Å². The number of fused-ring (bicyclic) bond motifs is 1. The SMILES string of the molecule is O=c1[nH]c2c(F)cccc2n1C1CCC1. The number of aromatic nitrogens is 2. The van der Waals surface area contributed by atoms with E-state index >= 15 is 0 Å². The first-order chi connectivity index (χ1) is 7.27. The first-order valence-corrected chi connectivity index (χ1v) is 5.16. The van der Waals surface area contributed by atoms with E-state index in [0.717, 1.165) is 19.3 Å². The van der Waals surface area contributed by atoms with Gasteiger partial charge < -0.3 is 4.98 Å². The van der Waals surface area contributed by atoms with E-state index in [1.54, 1.807) is 16.7 Å². The summed E-state index contributed by atoms with van der Waals surface area (Å²) in [4.78, 5) is 14.2. The molecule has 3 rings (SSSR count). The van der Waals surface area contributed by atoms with Crippen molar-refractivity contribution in [2.24, 2.45) is 0 Å². The highest BCUT2D eigenvalue weighted by Gasteiger charge is 2.23. The summed E-state index contributed by atoms with van der Waals surface area (Å²) in [5, 5.41) is 0. The number of nitrogens with zero attached hydrogens (tertiary/aromatic N) is 1. The molecule has 3 nitrogen and oxygen atoms in total. The zero-order chi connectivity index (χ0) is 10.4. The minimum Gasteiger partial charge on any atom is -0.303 e. The normalized spacial score (nSPS) is 16.9. The minimum absolute atomic E-state index is 0.195. The summed E-state index contributed by atoms with van der Waals surface area (Å²) in [5.41, 5.74) is 0.818. The van der Waals surface area contributed by atoms with Gasteiger partial charge in [0.25, 0.3) is 0 Å². The molecule has 1 heterocycles. The highest BCUT2D eigenvalue weighted by Crippen LogP contribution is 2.32. The van der Waals surface area contributed by atoms with Gasteiger partial charge >= 0.3 is 5.69 Å². The molecule has 0 saturated heterocycles. The molecule has 0 amide bonds. The monoisotopic (exact) mass is 206 g/mol. The zero-order valence-corrected chi connectivity index (χ0v) is 8.16. The number of nitrogens with one attached hydrogen (secondary N) is 1. The first-order valence-electron chi connectivity index (χ1n) is 5.16. The first kappa shape index (κ1) is 8.71. The van der Waals surface area contributed by atoms with Crippen LogP contribution in [0.2, 0.25) is 0 Å². The van der Waals surface area contributed by atoms with Crippen molar-refractivity contribution >= 4 is 11.0 Å². The van der Waals surface area contributed by atoms with Gasteiger partial charge in [-0.1, -0.05) is 6.07 Å². The Kier molecular flexibility index (Phi) is 1.71. The van der Waals surface area contributed by atoms with Crippen LogP contribution in [0.15, 0.2) is 23.0 Å². The third kappa shape index (κ3) is 1.14. The number of halogens is 1. The van der Waals surface area contributed by atoms with Gasteiger partial charge in [-0.15, -0.1) is 0 Å². The van der Waals surface area contributed by atoms with Crippen LogP contribution in [0.25, 0.3) is 11.0 Å². The van der Waals surface area contributed by atoms with E-state index < -0.39 is 0 Å². The lowest BCUT2D eigenvalue weighted by Crippen LogP contribution is -2.26. The molecule has 1 aromatic heterocycles. The fraction of sp³-hybridized carbons (Fsp3) is 0.364. The molecule has 0 spiro atoms. The Morgan fingerprint density at radius 1 is 1.40 bits per heavy atom. The molecule has 1 fully saturated rings. The maximum Gasteiger partial charge on any atom is 0.326 e. The van der Waals surface area contributed by atoms with Crippen molar-refractivity contribution in [3.63, 3.8) is 0 Å². The van der Waals surface area contributed by atoms with Crippen molar-refractivity contribution in [1.29, 1.82) is 0 Å². The molecule has 0 atom stereocenters. The molecule has 1 N–H and O–H groups in total. The van der Waals surface area contributed by atoms with Crippen LogP contribution < -0.4 is 5.69 Å². The van der Waals surface area contributed by atoms with Gasteiger partial charge in [-0.25, -0.2) is 9.18 Å². The second-order valence-electron chi connectivity index (χ2n) is 4.02. The molecule has 78 valence electrons. The number of benzene rings is 1. The van der Waals surface area contributed by atoms with Crippen LogP contribution >= 0.6 is 0 Å². The van der Waals surface area contributed by atoms with Crippen LogP contribution in [0.1, 0.15) is 25.3 Å². The topological polar surface area (TPSA) is 37.8 Å². The lowest BCUT2D eigenvalue weighted by molar-refractivity contribution is 0.314.